The van der Waals surface area contributed by atoms with Crippen LogP contribution in [0.4, 0.5) is 0 Å². The van der Waals surface area contributed by atoms with E-state index in [0.717, 1.165) is 12.0 Å². The topological polar surface area (TPSA) is 26.3 Å². The lowest BCUT2D eigenvalue weighted by Crippen LogP contribution is -2.17. The van der Waals surface area contributed by atoms with Gasteiger partial charge in [0, 0.05) is 0 Å². The van der Waals surface area contributed by atoms with Crippen molar-refractivity contribution in [3.63, 3.8) is 0 Å². The zero-order valence-electron chi connectivity index (χ0n) is 13.0. The number of benzene rings is 1. The molecule has 0 N–H and O–H groups in total. The Balaban J connectivity index is 3.00. The molecule has 2 nitrogen and oxygen atoms in total. The maximum Gasteiger partial charge on any atom is 0.313 e. The largest absolute Gasteiger partial charge is 0.469 e. The highest BCUT2D eigenvalue weighted by atomic mass is 16.5. The number of methoxy groups -OCH3 is 1. The lowest BCUT2D eigenvalue weighted by Gasteiger charge is -2.21. The molecule has 0 saturated carbocycles. The van der Waals surface area contributed by atoms with Crippen molar-refractivity contribution in [1.82, 2.24) is 0 Å². The minimum absolute atomic E-state index is 0.136. The molecule has 2 heteroatoms. The quantitative estimate of drug-likeness (QED) is 0.757. The number of esters is 1. The first kappa shape index (κ1) is 15.7. The summed E-state index contributed by atoms with van der Waals surface area (Å²) in [6.45, 7) is 10.8. The van der Waals surface area contributed by atoms with Gasteiger partial charge < -0.3 is 4.74 Å². The fraction of sp³-hybridized carbons (Fsp3) is 0.588. The first-order valence-electron chi connectivity index (χ1n) is 6.94. The molecule has 0 fully saturated rings. The van der Waals surface area contributed by atoms with Gasteiger partial charge in [-0.1, -0.05) is 58.9 Å². The highest BCUT2D eigenvalue weighted by Crippen LogP contribution is 2.28. The van der Waals surface area contributed by atoms with E-state index in [1.165, 1.54) is 12.7 Å². The van der Waals surface area contributed by atoms with E-state index in [2.05, 4.69) is 58.9 Å². The maximum absolute atomic E-state index is 11.9. The summed E-state index contributed by atoms with van der Waals surface area (Å²) in [6.07, 6.45) is 0.821. The molecule has 1 unspecified atom stereocenters. The van der Waals surface area contributed by atoms with Crippen molar-refractivity contribution in [2.75, 3.05) is 7.11 Å². The molecule has 1 atom stereocenters. The second kappa shape index (κ2) is 6.23. The molecule has 1 aromatic rings. The number of hydrogen-bond acceptors (Lipinski definition) is 2. The van der Waals surface area contributed by atoms with Crippen molar-refractivity contribution >= 4 is 5.97 Å². The fourth-order valence-electron chi connectivity index (χ4n) is 2.20. The van der Waals surface area contributed by atoms with Crippen molar-refractivity contribution in [2.45, 2.75) is 52.4 Å². The van der Waals surface area contributed by atoms with Crippen LogP contribution in [0.15, 0.2) is 24.3 Å². The number of ether oxygens (including phenoxy) is 1. The first-order chi connectivity index (χ1) is 8.75. The van der Waals surface area contributed by atoms with Gasteiger partial charge in [0.1, 0.15) is 0 Å². The Labute approximate surface area is 117 Å². The van der Waals surface area contributed by atoms with Crippen molar-refractivity contribution in [3.05, 3.63) is 35.4 Å². The van der Waals surface area contributed by atoms with Crippen LogP contribution >= 0.6 is 0 Å². The average molecular weight is 262 g/mol. The Kier molecular flexibility index (Phi) is 5.16. The summed E-state index contributed by atoms with van der Waals surface area (Å²) in [6, 6.07) is 8.35. The van der Waals surface area contributed by atoms with Crippen molar-refractivity contribution in [3.8, 4) is 0 Å². The van der Waals surface area contributed by atoms with Gasteiger partial charge >= 0.3 is 5.97 Å². The van der Waals surface area contributed by atoms with Crippen molar-refractivity contribution in [2.24, 2.45) is 5.92 Å². The van der Waals surface area contributed by atoms with E-state index in [4.69, 9.17) is 4.74 Å². The summed E-state index contributed by atoms with van der Waals surface area (Å²) in [7, 11) is 1.46. The molecule has 0 aliphatic rings. The van der Waals surface area contributed by atoms with Crippen LogP contribution < -0.4 is 0 Å². The molecule has 0 aliphatic carbocycles. The molecule has 0 bridgehead atoms. The Morgan fingerprint density at radius 1 is 1.16 bits per heavy atom. The molecule has 0 aliphatic heterocycles. The summed E-state index contributed by atoms with van der Waals surface area (Å²) in [5.41, 5.74) is 2.47. The Bertz CT molecular complexity index is 410. The van der Waals surface area contributed by atoms with Gasteiger partial charge in [-0.2, -0.15) is 0 Å². The minimum Gasteiger partial charge on any atom is -0.469 e. The third kappa shape index (κ3) is 4.38. The highest BCUT2D eigenvalue weighted by molar-refractivity contribution is 5.78. The molecule has 1 aromatic carbocycles. The van der Waals surface area contributed by atoms with Gasteiger partial charge in [0.05, 0.1) is 13.0 Å². The third-order valence-electron chi connectivity index (χ3n) is 3.37. The Morgan fingerprint density at radius 2 is 1.68 bits per heavy atom. The zero-order valence-corrected chi connectivity index (χ0v) is 13.0. The molecule has 0 radical (unpaired) electrons. The van der Waals surface area contributed by atoms with Gasteiger partial charge in [0.25, 0.3) is 0 Å². The fourth-order valence-corrected chi connectivity index (χ4v) is 2.20. The van der Waals surface area contributed by atoms with Crippen LogP contribution in [0.3, 0.4) is 0 Å². The minimum atomic E-state index is -0.154. The van der Waals surface area contributed by atoms with E-state index in [-0.39, 0.29) is 17.3 Å². The van der Waals surface area contributed by atoms with Crippen LogP contribution in [0.1, 0.15) is 58.1 Å². The number of rotatable bonds is 4. The Hall–Kier alpha value is -1.31. The summed E-state index contributed by atoms with van der Waals surface area (Å²) >= 11 is 0. The van der Waals surface area contributed by atoms with Gasteiger partial charge in [-0.05, 0) is 28.9 Å². The maximum atomic E-state index is 11.9. The van der Waals surface area contributed by atoms with Crippen LogP contribution in [-0.2, 0) is 14.9 Å². The van der Waals surface area contributed by atoms with Crippen molar-refractivity contribution < 1.29 is 9.53 Å². The highest BCUT2D eigenvalue weighted by Gasteiger charge is 2.23. The van der Waals surface area contributed by atoms with Crippen LogP contribution in [0.25, 0.3) is 0 Å². The SMILES string of the molecule is COC(=O)C(CC(C)C)c1ccc(C(C)(C)C)cc1. The summed E-state index contributed by atoms with van der Waals surface area (Å²) in [5, 5.41) is 0. The average Bonchev–Trinajstić information content (AvgIpc) is 2.34. The van der Waals surface area contributed by atoms with Gasteiger partial charge in [-0.15, -0.1) is 0 Å². The van der Waals surface area contributed by atoms with E-state index in [9.17, 15) is 4.79 Å². The first-order valence-corrected chi connectivity index (χ1v) is 6.94. The number of carbonyl (C=O) groups excluding carboxylic acids is 1. The third-order valence-corrected chi connectivity index (χ3v) is 3.37. The predicted molar refractivity (Wildman–Crippen MR) is 79.4 cm³/mol. The monoisotopic (exact) mass is 262 g/mol. The summed E-state index contributed by atoms with van der Waals surface area (Å²) in [5.74, 6) is 0.169. The van der Waals surface area contributed by atoms with Gasteiger partial charge in [0.2, 0.25) is 0 Å². The zero-order chi connectivity index (χ0) is 14.6. The lowest BCUT2D eigenvalue weighted by atomic mass is 9.84. The number of hydrogen-bond donors (Lipinski definition) is 0. The molecule has 106 valence electrons. The van der Waals surface area contributed by atoms with Gasteiger partial charge in [-0.25, -0.2) is 0 Å². The molecule has 0 spiro atoms. The second-order valence-corrected chi connectivity index (χ2v) is 6.58. The molecule has 0 saturated heterocycles. The molecular weight excluding hydrogens is 236 g/mol. The smallest absolute Gasteiger partial charge is 0.313 e. The van der Waals surface area contributed by atoms with E-state index >= 15 is 0 Å². The molecule has 0 amide bonds. The second-order valence-electron chi connectivity index (χ2n) is 6.58. The number of carbonyl (C=O) groups is 1. The molecule has 1 rings (SSSR count). The summed E-state index contributed by atoms with van der Waals surface area (Å²) in [4.78, 5) is 11.9. The van der Waals surface area contributed by atoms with E-state index in [0.29, 0.717) is 5.92 Å². The van der Waals surface area contributed by atoms with E-state index < -0.39 is 0 Å². The normalized spacial score (nSPS) is 13.4. The van der Waals surface area contributed by atoms with Crippen molar-refractivity contribution in [1.29, 1.82) is 0 Å². The van der Waals surface area contributed by atoms with Gasteiger partial charge in [0.15, 0.2) is 0 Å². The van der Waals surface area contributed by atoms with Gasteiger partial charge in [-0.3, -0.25) is 4.79 Å². The van der Waals surface area contributed by atoms with E-state index in [1.807, 2.05) is 0 Å². The van der Waals surface area contributed by atoms with Crippen LogP contribution in [-0.4, -0.2) is 13.1 Å². The molecular formula is C17H26O2. The van der Waals surface area contributed by atoms with Crippen LogP contribution in [0, 0.1) is 5.92 Å². The standard InChI is InChI=1S/C17H26O2/c1-12(2)11-15(16(18)19-6)13-7-9-14(10-8-13)17(3,4)5/h7-10,12,15H,11H2,1-6H3. The van der Waals surface area contributed by atoms with Crippen LogP contribution in [0.5, 0.6) is 0 Å². The predicted octanol–water partition coefficient (Wildman–Crippen LogP) is 4.29. The molecule has 19 heavy (non-hydrogen) atoms. The summed E-state index contributed by atoms with van der Waals surface area (Å²) < 4.78 is 4.93. The molecule has 0 aromatic heterocycles. The lowest BCUT2D eigenvalue weighted by molar-refractivity contribution is -0.142. The van der Waals surface area contributed by atoms with Crippen LogP contribution in [0.2, 0.25) is 0 Å². The van der Waals surface area contributed by atoms with E-state index in [1.54, 1.807) is 0 Å². The molecule has 0 heterocycles. The Morgan fingerprint density at radius 3 is 2.05 bits per heavy atom.